The van der Waals surface area contributed by atoms with Gasteiger partial charge in [0.15, 0.2) is 0 Å². The number of benzene rings is 3. The largest absolute Gasteiger partial charge is 0.478 e. The summed E-state index contributed by atoms with van der Waals surface area (Å²) < 4.78 is 7.64. The number of hydrogen-bond acceptors (Lipinski definition) is 4. The quantitative estimate of drug-likeness (QED) is 0.357. The van der Waals surface area contributed by atoms with Crippen LogP contribution in [-0.2, 0) is 4.74 Å². The van der Waals surface area contributed by atoms with Crippen LogP contribution in [-0.4, -0.2) is 21.4 Å². The van der Waals surface area contributed by atoms with Crippen LogP contribution in [0.3, 0.4) is 0 Å². The molecule has 5 nitrogen and oxygen atoms in total. The number of anilines is 1. The number of nitrogens with zero attached hydrogens (tertiary/aromatic N) is 3. The molecule has 0 spiro atoms. The summed E-state index contributed by atoms with van der Waals surface area (Å²) in [6, 6.07) is 31.2. The third-order valence-electron chi connectivity index (χ3n) is 5.06. The lowest BCUT2D eigenvalue weighted by molar-refractivity contribution is 0.270. The number of aromatic nitrogens is 3. The van der Waals surface area contributed by atoms with E-state index in [9.17, 15) is 0 Å². The van der Waals surface area contributed by atoms with Gasteiger partial charge in [-0.05, 0) is 36.3 Å². The Hall–Kier alpha value is -3.86. The molecule has 31 heavy (non-hydrogen) atoms. The maximum absolute atomic E-state index is 5.97. The normalized spacial score (nSPS) is 13.4. The molecule has 0 aliphatic carbocycles. The average molecular weight is 411 g/mol. The molecule has 4 rings (SSSR count). The Balaban J connectivity index is 1.83. The van der Waals surface area contributed by atoms with Gasteiger partial charge in [0.2, 0.25) is 5.88 Å². The second-order valence-electron chi connectivity index (χ2n) is 7.11. The first-order chi connectivity index (χ1) is 15.3. The summed E-state index contributed by atoms with van der Waals surface area (Å²) >= 11 is 0. The molecule has 0 amide bonds. The van der Waals surface area contributed by atoms with Gasteiger partial charge in [-0.15, -0.1) is 0 Å². The summed E-state index contributed by atoms with van der Waals surface area (Å²) in [6.07, 6.45) is 5.30. The minimum atomic E-state index is -0.0232. The summed E-state index contributed by atoms with van der Waals surface area (Å²) in [5.41, 5.74) is 3.42. The molecular weight excluding hydrogens is 384 g/mol. The van der Waals surface area contributed by atoms with E-state index in [0.29, 0.717) is 12.5 Å². The lowest BCUT2D eigenvalue weighted by Gasteiger charge is -2.28. The molecule has 3 aromatic carbocycles. The Morgan fingerprint density at radius 1 is 0.903 bits per heavy atom. The van der Waals surface area contributed by atoms with Gasteiger partial charge in [-0.2, -0.15) is 9.78 Å². The van der Waals surface area contributed by atoms with E-state index in [2.05, 4.69) is 82.1 Å². The Bertz CT molecular complexity index is 1060. The summed E-state index contributed by atoms with van der Waals surface area (Å²) in [5.74, 6) is 0.638. The Labute approximate surface area is 183 Å². The highest BCUT2D eigenvalue weighted by Crippen LogP contribution is 2.36. The number of para-hydroxylation sites is 1. The number of hydrogen-bond donors (Lipinski definition) is 1. The van der Waals surface area contributed by atoms with E-state index < -0.39 is 0 Å². The second-order valence-corrected chi connectivity index (χ2v) is 7.11. The Kier molecular flexibility index (Phi) is 6.75. The first-order valence-electron chi connectivity index (χ1n) is 10.5. The van der Waals surface area contributed by atoms with Gasteiger partial charge in [0.05, 0.1) is 12.6 Å². The maximum Gasteiger partial charge on any atom is 0.212 e. The third kappa shape index (κ3) is 5.20. The first-order valence-corrected chi connectivity index (χ1v) is 10.5. The molecule has 0 fully saturated rings. The van der Waals surface area contributed by atoms with E-state index in [1.807, 2.05) is 37.3 Å². The smallest absolute Gasteiger partial charge is 0.212 e. The van der Waals surface area contributed by atoms with Gasteiger partial charge in [-0.25, -0.2) is 4.98 Å². The van der Waals surface area contributed by atoms with Crippen LogP contribution in [0.5, 0.6) is 0 Å². The molecule has 0 bridgehead atoms. The summed E-state index contributed by atoms with van der Waals surface area (Å²) in [6.45, 7) is 2.51. The van der Waals surface area contributed by atoms with Crippen molar-refractivity contribution in [3.63, 3.8) is 0 Å². The second kappa shape index (κ2) is 10.3. The fraction of sp³-hybridized carbons (Fsp3) is 0.154. The van der Waals surface area contributed by atoms with Gasteiger partial charge in [-0.3, -0.25) is 0 Å². The predicted octanol–water partition coefficient (Wildman–Crippen LogP) is 5.75. The number of rotatable bonds is 9. The van der Waals surface area contributed by atoms with Gasteiger partial charge in [0, 0.05) is 11.6 Å². The lowest BCUT2D eigenvalue weighted by Crippen LogP contribution is -2.20. The highest BCUT2D eigenvalue weighted by Gasteiger charge is 2.25. The van der Waals surface area contributed by atoms with Crippen LogP contribution < -0.4 is 5.32 Å². The van der Waals surface area contributed by atoms with E-state index in [1.165, 1.54) is 17.5 Å². The van der Waals surface area contributed by atoms with Crippen molar-refractivity contribution in [3.8, 4) is 0 Å². The minimum Gasteiger partial charge on any atom is -0.478 e. The van der Waals surface area contributed by atoms with Crippen molar-refractivity contribution >= 4 is 11.6 Å². The molecule has 156 valence electrons. The van der Waals surface area contributed by atoms with Gasteiger partial charge < -0.3 is 10.1 Å². The van der Waals surface area contributed by atoms with E-state index in [0.717, 1.165) is 5.69 Å². The zero-order valence-electron chi connectivity index (χ0n) is 17.5. The first kappa shape index (κ1) is 20.4. The maximum atomic E-state index is 5.97. The molecule has 0 aliphatic rings. The van der Waals surface area contributed by atoms with Crippen LogP contribution in [0.1, 0.15) is 30.0 Å². The number of ether oxygens (including phenoxy) is 1. The molecule has 0 saturated heterocycles. The standard InChI is InChI=1S/C26H26N4O/c1-2-31-25(30-20-27-19-28-30)18-24(21-12-6-3-7-13-21)26(22-14-8-4-9-15-22)29-23-16-10-5-11-17-23/h3-20,24,26,29H,2H2,1H3. The highest BCUT2D eigenvalue weighted by atomic mass is 16.5. The lowest BCUT2D eigenvalue weighted by atomic mass is 9.86. The fourth-order valence-electron chi connectivity index (χ4n) is 3.63. The summed E-state index contributed by atoms with van der Waals surface area (Å²) in [5, 5.41) is 8.03. The Morgan fingerprint density at radius 3 is 2.10 bits per heavy atom. The molecule has 0 saturated carbocycles. The predicted molar refractivity (Wildman–Crippen MR) is 124 cm³/mol. The van der Waals surface area contributed by atoms with Crippen LogP contribution in [0.25, 0.3) is 5.88 Å². The molecule has 0 aliphatic heterocycles. The van der Waals surface area contributed by atoms with Crippen molar-refractivity contribution in [2.24, 2.45) is 0 Å². The molecule has 1 N–H and O–H groups in total. The van der Waals surface area contributed by atoms with Crippen molar-refractivity contribution < 1.29 is 4.74 Å². The van der Waals surface area contributed by atoms with Crippen LogP contribution in [0, 0.1) is 0 Å². The molecule has 1 heterocycles. The summed E-state index contributed by atoms with van der Waals surface area (Å²) in [7, 11) is 0. The minimum absolute atomic E-state index is 0.0189. The fourth-order valence-corrected chi connectivity index (χ4v) is 3.63. The van der Waals surface area contributed by atoms with E-state index in [1.54, 1.807) is 11.0 Å². The van der Waals surface area contributed by atoms with Crippen molar-refractivity contribution in [2.45, 2.75) is 18.9 Å². The number of nitrogens with one attached hydrogen (secondary N) is 1. The van der Waals surface area contributed by atoms with Crippen molar-refractivity contribution in [2.75, 3.05) is 11.9 Å². The molecule has 1 aromatic heterocycles. The molecule has 5 heteroatoms. The Morgan fingerprint density at radius 2 is 1.52 bits per heavy atom. The molecular formula is C26H26N4O. The monoisotopic (exact) mass is 410 g/mol. The third-order valence-corrected chi connectivity index (χ3v) is 5.06. The van der Waals surface area contributed by atoms with Crippen LogP contribution in [0.2, 0.25) is 0 Å². The molecule has 2 unspecified atom stereocenters. The van der Waals surface area contributed by atoms with Crippen molar-refractivity contribution in [1.29, 1.82) is 0 Å². The van der Waals surface area contributed by atoms with Crippen LogP contribution >= 0.6 is 0 Å². The topological polar surface area (TPSA) is 52.0 Å². The zero-order valence-corrected chi connectivity index (χ0v) is 17.5. The van der Waals surface area contributed by atoms with E-state index >= 15 is 0 Å². The van der Waals surface area contributed by atoms with E-state index in [-0.39, 0.29) is 12.0 Å². The van der Waals surface area contributed by atoms with Crippen LogP contribution in [0.4, 0.5) is 5.69 Å². The van der Waals surface area contributed by atoms with Crippen molar-refractivity contribution in [1.82, 2.24) is 14.8 Å². The van der Waals surface area contributed by atoms with Gasteiger partial charge in [-0.1, -0.05) is 78.9 Å². The van der Waals surface area contributed by atoms with Gasteiger partial charge in [0.1, 0.15) is 12.7 Å². The highest BCUT2D eigenvalue weighted by molar-refractivity contribution is 5.50. The summed E-state index contributed by atoms with van der Waals surface area (Å²) in [4.78, 5) is 4.09. The van der Waals surface area contributed by atoms with Gasteiger partial charge in [0.25, 0.3) is 0 Å². The molecule has 4 aromatic rings. The SMILES string of the molecule is CCOC(=CC(c1ccccc1)C(Nc1ccccc1)c1ccccc1)n1cncn1. The molecule has 2 atom stereocenters. The average Bonchev–Trinajstić information content (AvgIpc) is 3.37. The van der Waals surface area contributed by atoms with Gasteiger partial charge >= 0.3 is 0 Å². The zero-order chi connectivity index (χ0) is 21.3. The van der Waals surface area contributed by atoms with Crippen molar-refractivity contribution in [3.05, 3.63) is 121 Å². The van der Waals surface area contributed by atoms with Crippen LogP contribution in [0.15, 0.2) is 110 Å². The van der Waals surface area contributed by atoms with E-state index in [4.69, 9.17) is 4.74 Å². The molecule has 0 radical (unpaired) electrons.